The highest BCUT2D eigenvalue weighted by Gasteiger charge is 2.39. The fourth-order valence-corrected chi connectivity index (χ4v) is 2.59. The third-order valence-electron chi connectivity index (χ3n) is 3.53. The van der Waals surface area contributed by atoms with Crippen LogP contribution in [0.3, 0.4) is 0 Å². The molecule has 1 fully saturated rings. The molecule has 1 aliphatic carbocycles. The van der Waals surface area contributed by atoms with Gasteiger partial charge in [-0.25, -0.2) is 4.39 Å². The summed E-state index contributed by atoms with van der Waals surface area (Å²) in [6, 6.07) is 6.39. The van der Waals surface area contributed by atoms with Crippen molar-refractivity contribution in [2.75, 3.05) is 0 Å². The minimum Gasteiger partial charge on any atom is -0.299 e. The Bertz CT molecular complexity index is 361. The molecule has 0 radical (unpaired) electrons. The molecule has 1 aliphatic rings. The summed E-state index contributed by atoms with van der Waals surface area (Å²) in [6.07, 6.45) is 4.01. The lowest BCUT2D eigenvalue weighted by atomic mass is 9.76. The van der Waals surface area contributed by atoms with Gasteiger partial charge in [-0.15, -0.1) is 0 Å². The van der Waals surface area contributed by atoms with Crippen molar-refractivity contribution in [1.29, 1.82) is 0 Å². The van der Waals surface area contributed by atoms with Gasteiger partial charge in [-0.3, -0.25) is 4.79 Å². The average molecular weight is 206 g/mol. The number of ketones is 1. The number of carbonyl (C=O) groups is 1. The van der Waals surface area contributed by atoms with E-state index in [1.165, 1.54) is 12.1 Å². The Morgan fingerprint density at radius 1 is 1.20 bits per heavy atom. The molecule has 15 heavy (non-hydrogen) atoms. The van der Waals surface area contributed by atoms with Crippen LogP contribution in [0.5, 0.6) is 0 Å². The molecule has 0 N–H and O–H groups in total. The lowest BCUT2D eigenvalue weighted by molar-refractivity contribution is -0.122. The zero-order valence-electron chi connectivity index (χ0n) is 8.92. The van der Waals surface area contributed by atoms with Gasteiger partial charge in [-0.05, 0) is 37.5 Å². The van der Waals surface area contributed by atoms with Crippen LogP contribution < -0.4 is 0 Å². The number of halogens is 1. The Morgan fingerprint density at radius 2 is 1.73 bits per heavy atom. The smallest absolute Gasteiger partial charge is 0.140 e. The lowest BCUT2D eigenvalue weighted by Gasteiger charge is -2.26. The highest BCUT2D eigenvalue weighted by atomic mass is 19.1. The SMILES string of the molecule is CC(=O)C1(c2ccc(F)cc2)CCCC1. The van der Waals surface area contributed by atoms with E-state index in [9.17, 15) is 9.18 Å². The minimum absolute atomic E-state index is 0.214. The normalized spacial score (nSPS) is 19.1. The first-order valence-corrected chi connectivity index (χ1v) is 5.42. The fraction of sp³-hybridized carbons (Fsp3) is 0.462. The molecular weight excluding hydrogens is 191 g/mol. The molecule has 1 saturated carbocycles. The highest BCUT2D eigenvalue weighted by Crippen LogP contribution is 2.41. The van der Waals surface area contributed by atoms with Crippen molar-refractivity contribution >= 4 is 5.78 Å². The van der Waals surface area contributed by atoms with E-state index in [4.69, 9.17) is 0 Å². The number of rotatable bonds is 2. The number of Topliss-reactive ketones (excluding diaryl/α,β-unsaturated/α-hetero) is 1. The average Bonchev–Trinajstić information content (AvgIpc) is 2.69. The van der Waals surface area contributed by atoms with Crippen LogP contribution in [0.1, 0.15) is 38.2 Å². The zero-order chi connectivity index (χ0) is 10.9. The number of hydrogen-bond acceptors (Lipinski definition) is 1. The predicted octanol–water partition coefficient (Wildman–Crippen LogP) is 3.23. The van der Waals surface area contributed by atoms with Gasteiger partial charge in [0.25, 0.3) is 0 Å². The molecule has 80 valence electrons. The van der Waals surface area contributed by atoms with Gasteiger partial charge in [0.15, 0.2) is 0 Å². The third-order valence-corrected chi connectivity index (χ3v) is 3.53. The zero-order valence-corrected chi connectivity index (χ0v) is 8.92. The van der Waals surface area contributed by atoms with E-state index in [1.807, 2.05) is 0 Å². The summed E-state index contributed by atoms with van der Waals surface area (Å²) in [4.78, 5) is 11.8. The molecule has 0 bridgehead atoms. The molecule has 0 heterocycles. The van der Waals surface area contributed by atoms with E-state index in [0.717, 1.165) is 31.2 Å². The molecule has 0 spiro atoms. The van der Waals surface area contributed by atoms with Crippen molar-refractivity contribution < 1.29 is 9.18 Å². The van der Waals surface area contributed by atoms with Gasteiger partial charge in [0, 0.05) is 0 Å². The number of carbonyl (C=O) groups excluding carboxylic acids is 1. The highest BCUT2D eigenvalue weighted by molar-refractivity contribution is 5.88. The van der Waals surface area contributed by atoms with Gasteiger partial charge in [-0.2, -0.15) is 0 Å². The van der Waals surface area contributed by atoms with Gasteiger partial charge in [-0.1, -0.05) is 25.0 Å². The van der Waals surface area contributed by atoms with Crippen LogP contribution in [0.2, 0.25) is 0 Å². The summed E-state index contributed by atoms with van der Waals surface area (Å²) in [7, 11) is 0. The summed E-state index contributed by atoms with van der Waals surface area (Å²) in [5, 5.41) is 0. The first kappa shape index (κ1) is 10.3. The molecule has 0 saturated heterocycles. The summed E-state index contributed by atoms with van der Waals surface area (Å²) < 4.78 is 12.8. The Labute approximate surface area is 89.3 Å². The maximum absolute atomic E-state index is 12.8. The molecule has 0 unspecified atom stereocenters. The fourth-order valence-electron chi connectivity index (χ4n) is 2.59. The molecule has 0 atom stereocenters. The minimum atomic E-state index is -0.326. The van der Waals surface area contributed by atoms with E-state index in [0.29, 0.717) is 0 Å². The number of hydrogen-bond donors (Lipinski definition) is 0. The van der Waals surface area contributed by atoms with E-state index < -0.39 is 0 Å². The molecule has 0 amide bonds. The Hall–Kier alpha value is -1.18. The molecule has 0 aromatic heterocycles. The third kappa shape index (κ3) is 1.69. The molecule has 2 heteroatoms. The monoisotopic (exact) mass is 206 g/mol. The van der Waals surface area contributed by atoms with Crippen LogP contribution in [0.4, 0.5) is 4.39 Å². The molecule has 1 aromatic carbocycles. The van der Waals surface area contributed by atoms with Gasteiger partial charge in [0.05, 0.1) is 5.41 Å². The Kier molecular flexibility index (Phi) is 2.59. The molecule has 2 rings (SSSR count). The summed E-state index contributed by atoms with van der Waals surface area (Å²) in [5.74, 6) is -0.0259. The molecule has 1 aromatic rings. The van der Waals surface area contributed by atoms with Crippen LogP contribution in [0, 0.1) is 5.82 Å². The van der Waals surface area contributed by atoms with Gasteiger partial charge in [0.2, 0.25) is 0 Å². The predicted molar refractivity (Wildman–Crippen MR) is 57.2 cm³/mol. The maximum atomic E-state index is 12.8. The second-order valence-electron chi connectivity index (χ2n) is 4.35. The first-order valence-electron chi connectivity index (χ1n) is 5.42. The van der Waals surface area contributed by atoms with E-state index in [1.54, 1.807) is 19.1 Å². The van der Waals surface area contributed by atoms with E-state index >= 15 is 0 Å². The van der Waals surface area contributed by atoms with Gasteiger partial charge in [0.1, 0.15) is 11.6 Å². The van der Waals surface area contributed by atoms with Crippen molar-refractivity contribution in [2.45, 2.75) is 38.0 Å². The van der Waals surface area contributed by atoms with Crippen molar-refractivity contribution in [2.24, 2.45) is 0 Å². The quantitative estimate of drug-likeness (QED) is 0.726. The standard InChI is InChI=1S/C13H15FO/c1-10(15)13(8-2-3-9-13)11-4-6-12(14)7-5-11/h4-7H,2-3,8-9H2,1H3. The first-order chi connectivity index (χ1) is 7.15. The summed E-state index contributed by atoms with van der Waals surface area (Å²) >= 11 is 0. The van der Waals surface area contributed by atoms with E-state index in [2.05, 4.69) is 0 Å². The molecular formula is C13H15FO. The largest absolute Gasteiger partial charge is 0.299 e. The van der Waals surface area contributed by atoms with Crippen LogP contribution in [-0.2, 0) is 10.2 Å². The summed E-state index contributed by atoms with van der Waals surface area (Å²) in [6.45, 7) is 1.65. The lowest BCUT2D eigenvalue weighted by Crippen LogP contribution is -2.30. The Balaban J connectivity index is 2.41. The Morgan fingerprint density at radius 3 is 2.20 bits per heavy atom. The topological polar surface area (TPSA) is 17.1 Å². The van der Waals surface area contributed by atoms with Gasteiger partial charge >= 0.3 is 0 Å². The van der Waals surface area contributed by atoms with E-state index in [-0.39, 0.29) is 17.0 Å². The van der Waals surface area contributed by atoms with Crippen molar-refractivity contribution in [3.05, 3.63) is 35.6 Å². The maximum Gasteiger partial charge on any atom is 0.140 e. The van der Waals surface area contributed by atoms with Crippen LogP contribution >= 0.6 is 0 Å². The summed E-state index contributed by atoms with van der Waals surface area (Å²) in [5.41, 5.74) is 0.655. The van der Waals surface area contributed by atoms with Crippen molar-refractivity contribution in [3.8, 4) is 0 Å². The second kappa shape index (κ2) is 3.76. The second-order valence-corrected chi connectivity index (χ2v) is 4.35. The van der Waals surface area contributed by atoms with Crippen molar-refractivity contribution in [3.63, 3.8) is 0 Å². The molecule has 0 aliphatic heterocycles. The molecule has 1 nitrogen and oxygen atoms in total. The van der Waals surface area contributed by atoms with Crippen LogP contribution in [0.25, 0.3) is 0 Å². The van der Waals surface area contributed by atoms with Crippen molar-refractivity contribution in [1.82, 2.24) is 0 Å². The van der Waals surface area contributed by atoms with Crippen LogP contribution in [0.15, 0.2) is 24.3 Å². The number of benzene rings is 1. The van der Waals surface area contributed by atoms with Crippen LogP contribution in [-0.4, -0.2) is 5.78 Å². The van der Waals surface area contributed by atoms with Gasteiger partial charge < -0.3 is 0 Å².